The van der Waals surface area contributed by atoms with Gasteiger partial charge < -0.3 is 10.1 Å². The van der Waals surface area contributed by atoms with Crippen molar-refractivity contribution in [2.75, 3.05) is 19.0 Å². The summed E-state index contributed by atoms with van der Waals surface area (Å²) in [5.74, 6) is -0.0466. The fraction of sp³-hybridized carbons (Fsp3) is 0.500. The van der Waals surface area contributed by atoms with Gasteiger partial charge in [-0.1, -0.05) is 15.9 Å². The maximum absolute atomic E-state index is 12.2. The van der Waals surface area contributed by atoms with E-state index >= 15 is 0 Å². The first kappa shape index (κ1) is 15.8. The smallest absolute Gasteiger partial charge is 0.273 e. The van der Waals surface area contributed by atoms with E-state index in [2.05, 4.69) is 21.2 Å². The Morgan fingerprint density at radius 1 is 1.52 bits per heavy atom. The number of nitrogens with zero attached hydrogens (tertiary/aromatic N) is 1. The molecule has 1 aliphatic rings. The van der Waals surface area contributed by atoms with Crippen LogP contribution >= 0.6 is 15.9 Å². The van der Waals surface area contributed by atoms with Gasteiger partial charge in [-0.3, -0.25) is 14.9 Å². The average molecular weight is 357 g/mol. The second kappa shape index (κ2) is 6.43. The van der Waals surface area contributed by atoms with Gasteiger partial charge in [-0.25, -0.2) is 0 Å². The van der Waals surface area contributed by atoms with Crippen molar-refractivity contribution in [1.29, 1.82) is 0 Å². The number of carbonyl (C=O) groups excluding carboxylic acids is 1. The summed E-state index contributed by atoms with van der Waals surface area (Å²) in [4.78, 5) is 22.4. The van der Waals surface area contributed by atoms with Crippen molar-refractivity contribution in [2.24, 2.45) is 5.41 Å². The van der Waals surface area contributed by atoms with Gasteiger partial charge in [0, 0.05) is 17.9 Å². The minimum atomic E-state index is -0.514. The molecule has 21 heavy (non-hydrogen) atoms. The van der Waals surface area contributed by atoms with Gasteiger partial charge in [0.15, 0.2) is 0 Å². The molecular formula is C14H17BrN2O4. The Kier molecular flexibility index (Phi) is 4.82. The van der Waals surface area contributed by atoms with Crippen molar-refractivity contribution in [2.45, 2.75) is 19.3 Å². The number of nitro groups is 1. The maximum atomic E-state index is 12.2. The molecule has 0 saturated heterocycles. The Labute approximate surface area is 131 Å². The summed E-state index contributed by atoms with van der Waals surface area (Å²) < 4.78 is 5.08. The number of methoxy groups -OCH3 is 1. The second-order valence-electron chi connectivity index (χ2n) is 5.26. The first-order valence-electron chi connectivity index (χ1n) is 6.68. The molecule has 0 atom stereocenters. The Bertz CT molecular complexity index is 558. The van der Waals surface area contributed by atoms with Crippen molar-refractivity contribution in [3.63, 3.8) is 0 Å². The Morgan fingerprint density at radius 3 is 2.76 bits per heavy atom. The fourth-order valence-corrected chi connectivity index (χ4v) is 3.08. The molecule has 0 aliphatic heterocycles. The van der Waals surface area contributed by atoms with Crippen molar-refractivity contribution in [1.82, 2.24) is 5.32 Å². The number of nitro benzene ring substituents is 1. The number of hydrogen-bond donors (Lipinski definition) is 1. The minimum Gasteiger partial charge on any atom is -0.496 e. The zero-order valence-electron chi connectivity index (χ0n) is 11.7. The Balaban J connectivity index is 2.07. The predicted molar refractivity (Wildman–Crippen MR) is 82.1 cm³/mol. The summed E-state index contributed by atoms with van der Waals surface area (Å²) in [6, 6.07) is 4.00. The molecule has 1 fully saturated rings. The third-order valence-corrected chi connectivity index (χ3v) is 4.24. The van der Waals surface area contributed by atoms with E-state index in [1.54, 1.807) is 0 Å². The van der Waals surface area contributed by atoms with Crippen LogP contribution < -0.4 is 10.1 Å². The summed E-state index contributed by atoms with van der Waals surface area (Å²) in [6.45, 7) is 0.623. The molecule has 1 aliphatic carbocycles. The van der Waals surface area contributed by atoms with Crippen LogP contribution in [0.4, 0.5) is 5.69 Å². The Morgan fingerprint density at radius 2 is 2.24 bits per heavy atom. The highest BCUT2D eigenvalue weighted by Crippen LogP contribution is 2.48. The standard InChI is InChI=1S/C14H17BrN2O4/c1-21-12-8-10(17(19)20)2-3-11(12)13(18)16-9-14(4-5-14)6-7-15/h2-3,8H,4-7,9H2,1H3,(H,16,18). The van der Waals surface area contributed by atoms with Gasteiger partial charge in [-0.05, 0) is 30.7 Å². The Hall–Kier alpha value is -1.63. The van der Waals surface area contributed by atoms with Gasteiger partial charge in [0.2, 0.25) is 0 Å². The third kappa shape index (κ3) is 3.72. The van der Waals surface area contributed by atoms with E-state index in [9.17, 15) is 14.9 Å². The summed E-state index contributed by atoms with van der Waals surface area (Å²) in [5.41, 5.74) is 0.437. The lowest BCUT2D eigenvalue weighted by atomic mass is 10.0. The van der Waals surface area contributed by atoms with Crippen molar-refractivity contribution >= 4 is 27.5 Å². The predicted octanol–water partition coefficient (Wildman–Crippen LogP) is 2.90. The molecule has 6 nitrogen and oxygen atoms in total. The number of nitrogens with one attached hydrogen (secondary N) is 1. The molecule has 0 heterocycles. The third-order valence-electron chi connectivity index (χ3n) is 3.85. The molecular weight excluding hydrogens is 340 g/mol. The van der Waals surface area contributed by atoms with Crippen LogP contribution in [0, 0.1) is 15.5 Å². The molecule has 1 N–H and O–H groups in total. The summed E-state index contributed by atoms with van der Waals surface area (Å²) in [5, 5.41) is 14.6. The van der Waals surface area contributed by atoms with Gasteiger partial charge >= 0.3 is 0 Å². The van der Waals surface area contributed by atoms with E-state index in [0.29, 0.717) is 12.1 Å². The number of amides is 1. The molecule has 1 aromatic carbocycles. The van der Waals surface area contributed by atoms with Crippen LogP contribution in [0.5, 0.6) is 5.75 Å². The molecule has 1 amide bonds. The molecule has 7 heteroatoms. The molecule has 0 radical (unpaired) electrons. The van der Waals surface area contributed by atoms with Gasteiger partial charge in [0.25, 0.3) is 11.6 Å². The van der Waals surface area contributed by atoms with E-state index in [0.717, 1.165) is 24.6 Å². The number of carbonyl (C=O) groups is 1. The zero-order valence-corrected chi connectivity index (χ0v) is 13.3. The SMILES string of the molecule is COc1cc([N+](=O)[O-])ccc1C(=O)NCC1(CCBr)CC1. The van der Waals surface area contributed by atoms with E-state index < -0.39 is 4.92 Å². The van der Waals surface area contributed by atoms with Crippen molar-refractivity contribution < 1.29 is 14.5 Å². The number of non-ortho nitro benzene ring substituents is 1. The van der Waals surface area contributed by atoms with Gasteiger partial charge in [0.05, 0.1) is 23.7 Å². The van der Waals surface area contributed by atoms with E-state index in [1.807, 2.05) is 0 Å². The molecule has 0 aromatic heterocycles. The lowest BCUT2D eigenvalue weighted by molar-refractivity contribution is -0.384. The highest BCUT2D eigenvalue weighted by atomic mass is 79.9. The largest absolute Gasteiger partial charge is 0.496 e. The quantitative estimate of drug-likeness (QED) is 0.462. The molecule has 0 unspecified atom stereocenters. The van der Waals surface area contributed by atoms with Crippen molar-refractivity contribution in [3.05, 3.63) is 33.9 Å². The average Bonchev–Trinajstić information content (AvgIpc) is 3.24. The summed E-state index contributed by atoms with van der Waals surface area (Å²) in [7, 11) is 1.39. The highest BCUT2D eigenvalue weighted by Gasteiger charge is 2.41. The van der Waals surface area contributed by atoms with E-state index in [4.69, 9.17) is 4.74 Å². The van der Waals surface area contributed by atoms with E-state index in [-0.39, 0.29) is 22.8 Å². The van der Waals surface area contributed by atoms with Crippen molar-refractivity contribution in [3.8, 4) is 5.75 Å². The van der Waals surface area contributed by atoms with Crippen LogP contribution in [0.15, 0.2) is 18.2 Å². The first-order chi connectivity index (χ1) is 10.0. The summed E-state index contributed by atoms with van der Waals surface area (Å²) in [6.07, 6.45) is 3.28. The monoisotopic (exact) mass is 356 g/mol. The number of alkyl halides is 1. The lowest BCUT2D eigenvalue weighted by Gasteiger charge is -2.15. The summed E-state index contributed by atoms with van der Waals surface area (Å²) >= 11 is 3.42. The zero-order chi connectivity index (χ0) is 15.5. The van der Waals surface area contributed by atoms with Gasteiger partial charge in [0.1, 0.15) is 5.75 Å². The molecule has 114 valence electrons. The van der Waals surface area contributed by atoms with Crippen LogP contribution in [0.1, 0.15) is 29.6 Å². The molecule has 0 bridgehead atoms. The van der Waals surface area contributed by atoms with Gasteiger partial charge in [-0.15, -0.1) is 0 Å². The lowest BCUT2D eigenvalue weighted by Crippen LogP contribution is -2.30. The minimum absolute atomic E-state index is 0.0960. The van der Waals surface area contributed by atoms with Crippen LogP contribution in [0.3, 0.4) is 0 Å². The van der Waals surface area contributed by atoms with E-state index in [1.165, 1.54) is 25.3 Å². The maximum Gasteiger partial charge on any atom is 0.273 e. The molecule has 1 aromatic rings. The topological polar surface area (TPSA) is 81.5 Å². The van der Waals surface area contributed by atoms with Crippen LogP contribution in [0.25, 0.3) is 0 Å². The number of halogens is 1. The normalized spacial score (nSPS) is 15.3. The van der Waals surface area contributed by atoms with Crippen LogP contribution in [-0.4, -0.2) is 29.8 Å². The molecule has 1 saturated carbocycles. The molecule has 2 rings (SSSR count). The first-order valence-corrected chi connectivity index (χ1v) is 7.80. The number of ether oxygens (including phenoxy) is 1. The number of hydrogen-bond acceptors (Lipinski definition) is 4. The van der Waals surface area contributed by atoms with Crippen LogP contribution in [-0.2, 0) is 0 Å². The number of benzene rings is 1. The fourth-order valence-electron chi connectivity index (χ4n) is 2.24. The highest BCUT2D eigenvalue weighted by molar-refractivity contribution is 9.09. The van der Waals surface area contributed by atoms with Crippen LogP contribution in [0.2, 0.25) is 0 Å². The molecule has 0 spiro atoms. The van der Waals surface area contributed by atoms with Gasteiger partial charge in [-0.2, -0.15) is 0 Å². The number of rotatable bonds is 7. The second-order valence-corrected chi connectivity index (χ2v) is 6.06.